The largest absolute Gasteiger partial charge is 1.00 e. The van der Waals surface area contributed by atoms with Crippen LogP contribution in [0.2, 0.25) is 0 Å². The smallest absolute Gasteiger partial charge is 0.343 e. The summed E-state index contributed by atoms with van der Waals surface area (Å²) in [5.74, 6) is 1.18. The molecule has 0 radical (unpaired) electrons. The number of thiazole rings is 4. The van der Waals surface area contributed by atoms with Crippen molar-refractivity contribution in [3.8, 4) is 0 Å². The molecule has 101 heavy (non-hydrogen) atoms. The van der Waals surface area contributed by atoms with Crippen molar-refractivity contribution in [2.45, 2.75) is 227 Å². The van der Waals surface area contributed by atoms with Gasteiger partial charge in [0, 0.05) is 93.2 Å². The zero-order chi connectivity index (χ0) is 73.8. The predicted octanol–water partition coefficient (Wildman–Crippen LogP) is 18.9. The van der Waals surface area contributed by atoms with Crippen molar-refractivity contribution < 1.29 is 42.2 Å². The summed E-state index contributed by atoms with van der Waals surface area (Å²) in [5.41, 5.74) is 19.5. The number of carbonyl (C=O) groups excluding carboxylic acids is 4. The van der Waals surface area contributed by atoms with E-state index in [9.17, 15) is 19.2 Å². The average Bonchev–Trinajstić information content (AvgIpc) is 1.30. The van der Waals surface area contributed by atoms with Crippen LogP contribution < -0.4 is 18.9 Å². The molecule has 8 aliphatic rings. The second-order valence-corrected chi connectivity index (χ2v) is 35.3. The molecule has 16 rings (SSSR count). The van der Waals surface area contributed by atoms with E-state index in [0.717, 1.165) is 154 Å². The van der Waals surface area contributed by atoms with Crippen LogP contribution in [0.15, 0.2) is 188 Å². The second-order valence-electron chi connectivity index (χ2n) is 32.1. The van der Waals surface area contributed by atoms with E-state index in [1.165, 1.54) is 78.9 Å². The molecule has 0 N–H and O–H groups in total. The number of rotatable bonds is 9. The van der Waals surface area contributed by atoms with E-state index in [-0.39, 0.29) is 63.3 Å². The molecule has 4 aromatic heterocycles. The molecule has 0 aliphatic heterocycles. The number of carbonyl (C=O) groups is 4. The molecule has 0 fully saturated rings. The van der Waals surface area contributed by atoms with Crippen molar-refractivity contribution in [3.63, 3.8) is 0 Å². The van der Waals surface area contributed by atoms with E-state index in [4.69, 9.17) is 4.11 Å². The van der Waals surface area contributed by atoms with Crippen molar-refractivity contribution >= 4 is 68.5 Å². The van der Waals surface area contributed by atoms with Crippen molar-refractivity contribution in [3.05, 3.63) is 259 Å². The standard InChI is InChI=1S/4C21H23NOS.C4H9.Li/c4*1-4-21(15-8-6-5-7-9-15)18-14(10-16-19(21)24-13-22-16)11-20(2,3)12-17(18)23;1-3-4-2;/h4*5-9,13H,4,10-12H2,1-3H3;1,3-4H2,2H3;/q;;;;-1;+1/t2*21-;;;;/m10..../s1/i3*13D;;;. The summed E-state index contributed by atoms with van der Waals surface area (Å²) >= 11 is 6.04. The minimum Gasteiger partial charge on any atom is -0.343 e. The Kier molecular flexibility index (Phi) is 21.3. The topological polar surface area (TPSA) is 120 Å². The van der Waals surface area contributed by atoms with Crippen LogP contribution in [0.25, 0.3) is 0 Å². The molecule has 0 saturated heterocycles. The van der Waals surface area contributed by atoms with E-state index in [2.05, 4.69) is 178 Å². The SMILES string of the molecule is CCC1(c2ccccc2)C2=C(Cc3ncsc31)CC(C)(C)CC2=O.[2H]c1nc2c(s1)C(CC)(c1ccccc1)C1=C(C2)CC(C)(C)CC1=O.[2H]c1nc2c(s1)[C@@](CC)(c1ccccc1)C1=C(C2)CC(C)(C)CC1=O.[2H]c1nc2c(s1)[C@](CC)(c1ccccc1)C1=C(C2)CC(C)(C)CC1=O.[CH2-]CCC.[Li+]. The van der Waals surface area contributed by atoms with E-state index in [0.29, 0.717) is 47.9 Å². The minimum absolute atomic E-state index is 0. The molecule has 0 saturated carbocycles. The molecule has 4 aromatic carbocycles. The van der Waals surface area contributed by atoms with Crippen molar-refractivity contribution in [1.82, 2.24) is 19.9 Å². The van der Waals surface area contributed by atoms with Gasteiger partial charge in [0.15, 0.2) is 23.1 Å². The van der Waals surface area contributed by atoms with Crippen molar-refractivity contribution in [1.29, 1.82) is 0 Å². The van der Waals surface area contributed by atoms with Crippen LogP contribution in [-0.4, -0.2) is 43.1 Å². The third kappa shape index (κ3) is 13.8. The summed E-state index contributed by atoms with van der Waals surface area (Å²) in [5, 5.41) is 0. The van der Waals surface area contributed by atoms with Gasteiger partial charge in [0.2, 0.25) is 0 Å². The Morgan fingerprint density at radius 3 is 0.792 bits per heavy atom. The van der Waals surface area contributed by atoms with Crippen molar-refractivity contribution in [2.75, 3.05) is 0 Å². The van der Waals surface area contributed by atoms with Crippen LogP contribution in [-0.2, 0) is 66.5 Å². The Bertz CT molecular complexity index is 4340. The first-order valence-electron chi connectivity index (χ1n) is 37.9. The number of unbranched alkanes of at least 4 members (excludes halogenated alkanes) is 1. The quantitative estimate of drug-likeness (QED) is 0.104. The van der Waals surface area contributed by atoms with Gasteiger partial charge in [0.05, 0.1) is 70.5 Å². The number of allylic oxidation sites excluding steroid dienone is 8. The van der Waals surface area contributed by atoms with E-state index < -0.39 is 16.2 Å². The molecule has 4 atom stereocenters. The number of nitrogens with zero attached hydrogens (tertiary/aromatic N) is 4. The Balaban J connectivity index is 0.000000136. The van der Waals surface area contributed by atoms with E-state index in [1.54, 1.807) is 11.3 Å². The number of ketones is 4. The van der Waals surface area contributed by atoms with Crippen LogP contribution in [0.4, 0.5) is 0 Å². The molecule has 2 unspecified atom stereocenters. The molecule has 8 aliphatic carbocycles. The van der Waals surface area contributed by atoms with Gasteiger partial charge in [-0.15, -0.1) is 45.3 Å². The number of fused-ring (bicyclic) bond motifs is 4. The molecule has 0 bridgehead atoms. The minimum atomic E-state index is -0.436. The van der Waals surface area contributed by atoms with E-state index >= 15 is 0 Å². The Morgan fingerprint density at radius 1 is 0.356 bits per heavy atom. The van der Waals surface area contributed by atoms with Crippen LogP contribution in [0.5, 0.6) is 0 Å². The zero-order valence-corrected chi connectivity index (χ0v) is 65.4. The maximum absolute atomic E-state index is 13.3. The number of benzene rings is 4. The van der Waals surface area contributed by atoms with Crippen LogP contribution in [0, 0.1) is 28.6 Å². The molecule has 8 nitrogen and oxygen atoms in total. The second kappa shape index (κ2) is 30.0. The fourth-order valence-corrected chi connectivity index (χ4v) is 23.0. The first kappa shape index (κ1) is 71.6. The number of Topliss-reactive ketones (excluding diaryl/α,β-unsaturated/α-hetero) is 4. The van der Waals surface area contributed by atoms with Gasteiger partial charge in [-0.05, 0) is 95.3 Å². The summed E-state index contributed by atoms with van der Waals surface area (Å²) < 4.78 is 24.3. The van der Waals surface area contributed by atoms with Gasteiger partial charge in [-0.25, -0.2) is 19.9 Å². The van der Waals surface area contributed by atoms with E-state index in [1.807, 2.05) is 66.2 Å². The summed E-state index contributed by atoms with van der Waals surface area (Å²) in [6, 6.07) is 41.6. The van der Waals surface area contributed by atoms with Gasteiger partial charge in [-0.1, -0.05) is 240 Å². The van der Waals surface area contributed by atoms with Crippen LogP contribution in [0.3, 0.4) is 0 Å². The van der Waals surface area contributed by atoms with Gasteiger partial charge in [-0.3, -0.25) is 19.2 Å². The Morgan fingerprint density at radius 2 is 0.574 bits per heavy atom. The average molecular weight is 1420 g/mol. The van der Waals surface area contributed by atoms with Gasteiger partial charge >= 0.3 is 18.9 Å². The first-order chi connectivity index (χ1) is 49.0. The van der Waals surface area contributed by atoms with Crippen LogP contribution in [0.1, 0.15) is 249 Å². The monoisotopic (exact) mass is 1420 g/mol. The molecule has 4 heterocycles. The van der Waals surface area contributed by atoms with Gasteiger partial charge < -0.3 is 6.92 Å². The molecular weight excluding hydrogens is 1310 g/mol. The molecule has 8 aromatic rings. The molecule has 522 valence electrons. The summed E-state index contributed by atoms with van der Waals surface area (Å²) in [4.78, 5) is 76.0. The summed E-state index contributed by atoms with van der Waals surface area (Å²) in [6.45, 7) is 31.9. The Hall–Kier alpha value is -6.36. The van der Waals surface area contributed by atoms with Crippen molar-refractivity contribution in [2.24, 2.45) is 21.7 Å². The third-order valence-electron chi connectivity index (χ3n) is 22.6. The maximum Gasteiger partial charge on any atom is 1.00 e. The number of hydrogen-bond donors (Lipinski definition) is 0. The van der Waals surface area contributed by atoms with Gasteiger partial charge in [0.25, 0.3) is 0 Å². The fourth-order valence-electron chi connectivity index (χ4n) is 18.8. The normalized spacial score (nSPS) is 24.8. The number of aromatic nitrogens is 4. The number of hydrogen-bond acceptors (Lipinski definition) is 12. The van der Waals surface area contributed by atoms with Crippen LogP contribution >= 0.6 is 45.3 Å². The molecule has 0 amide bonds. The van der Waals surface area contributed by atoms with Gasteiger partial charge in [-0.2, -0.15) is 6.42 Å². The first-order valence-corrected chi connectivity index (χ1v) is 39.7. The predicted molar refractivity (Wildman–Crippen MR) is 414 cm³/mol. The zero-order valence-electron chi connectivity index (χ0n) is 65.1. The Labute approximate surface area is 634 Å². The molecular formula is C88H101LiN4O4S4. The summed E-state index contributed by atoms with van der Waals surface area (Å²) in [6.07, 6.45) is 14.9. The molecule has 0 spiro atoms. The third-order valence-corrected chi connectivity index (χ3v) is 26.5. The fraction of sp³-hybridized carbons (Fsp3) is 0.443. The summed E-state index contributed by atoms with van der Waals surface area (Å²) in [7, 11) is 0. The maximum atomic E-state index is 13.3. The molecule has 13 heteroatoms. The van der Waals surface area contributed by atoms with Gasteiger partial charge in [0.1, 0.15) is 0 Å².